The molecule has 84 valence electrons. The van der Waals surface area contributed by atoms with Gasteiger partial charge in [-0.15, -0.1) is 0 Å². The first-order valence-corrected chi connectivity index (χ1v) is 6.11. The molecule has 1 aromatic heterocycles. The zero-order valence-corrected chi connectivity index (χ0v) is 9.58. The fourth-order valence-electron chi connectivity index (χ4n) is 1.70. The first kappa shape index (κ1) is 11.3. The molecule has 0 bridgehead atoms. The predicted octanol–water partition coefficient (Wildman–Crippen LogP) is 3.21. The smallest absolute Gasteiger partial charge is 0.123 e. The molecule has 1 aromatic carbocycles. The second-order valence-electron chi connectivity index (χ2n) is 3.77. The summed E-state index contributed by atoms with van der Waals surface area (Å²) in [4.78, 5) is 0. The maximum absolute atomic E-state index is 12.7. The second-order valence-corrected chi connectivity index (χ2v) is 4.55. The lowest BCUT2D eigenvalue weighted by molar-refractivity contribution is 0.264. The van der Waals surface area contributed by atoms with Gasteiger partial charge in [0.05, 0.1) is 6.61 Å². The fraction of sp³-hybridized carbons (Fsp3) is 0.231. The largest absolute Gasteiger partial charge is 0.396 e. The number of hydrogen-bond acceptors (Lipinski definition) is 2. The summed E-state index contributed by atoms with van der Waals surface area (Å²) in [6.45, 7) is 0.119. The molecule has 1 atom stereocenters. The molecule has 0 aliphatic rings. The Morgan fingerprint density at radius 1 is 1.19 bits per heavy atom. The minimum atomic E-state index is -0.222. The molecule has 0 saturated heterocycles. The molecule has 16 heavy (non-hydrogen) atoms. The fourth-order valence-corrected chi connectivity index (χ4v) is 2.44. The minimum absolute atomic E-state index is 0.108. The monoisotopic (exact) mass is 236 g/mol. The molecule has 2 aromatic rings. The first-order valence-electron chi connectivity index (χ1n) is 5.17. The number of aliphatic hydroxyl groups excluding tert-OH is 1. The lowest BCUT2D eigenvalue weighted by Crippen LogP contribution is -2.06. The van der Waals surface area contributed by atoms with Gasteiger partial charge in [-0.1, -0.05) is 12.1 Å². The highest BCUT2D eigenvalue weighted by Gasteiger charge is 2.11. The van der Waals surface area contributed by atoms with Gasteiger partial charge in [-0.05, 0) is 46.5 Å². The van der Waals surface area contributed by atoms with E-state index in [1.807, 2.05) is 16.8 Å². The van der Waals surface area contributed by atoms with Crippen LogP contribution in [0.5, 0.6) is 0 Å². The summed E-state index contributed by atoms with van der Waals surface area (Å²) in [5, 5.41) is 13.4. The Morgan fingerprint density at radius 3 is 2.50 bits per heavy atom. The predicted molar refractivity (Wildman–Crippen MR) is 64.2 cm³/mol. The van der Waals surface area contributed by atoms with E-state index in [4.69, 9.17) is 0 Å². The molecule has 3 heteroatoms. The van der Waals surface area contributed by atoms with Crippen molar-refractivity contribution in [3.8, 4) is 0 Å². The van der Waals surface area contributed by atoms with Crippen molar-refractivity contribution in [1.82, 2.24) is 0 Å². The second kappa shape index (κ2) is 5.23. The topological polar surface area (TPSA) is 20.2 Å². The lowest BCUT2D eigenvalue weighted by atomic mass is 9.95. The van der Waals surface area contributed by atoms with Gasteiger partial charge in [0, 0.05) is 5.92 Å². The van der Waals surface area contributed by atoms with Gasteiger partial charge in [0.1, 0.15) is 5.82 Å². The summed E-state index contributed by atoms with van der Waals surface area (Å²) in [5.41, 5.74) is 2.20. The molecule has 1 nitrogen and oxygen atoms in total. The van der Waals surface area contributed by atoms with Crippen molar-refractivity contribution in [3.63, 3.8) is 0 Å². The Balaban J connectivity index is 2.10. The average molecular weight is 236 g/mol. The Labute approximate surface area is 98.2 Å². The minimum Gasteiger partial charge on any atom is -0.396 e. The highest BCUT2D eigenvalue weighted by atomic mass is 32.1. The molecule has 0 aliphatic heterocycles. The molecule has 0 aliphatic carbocycles. The SMILES string of the molecule is OCC(Cc1ccc(F)cc1)c1ccsc1. The quantitative estimate of drug-likeness (QED) is 0.864. The van der Waals surface area contributed by atoms with Gasteiger partial charge >= 0.3 is 0 Å². The van der Waals surface area contributed by atoms with Crippen LogP contribution in [0.15, 0.2) is 41.1 Å². The van der Waals surface area contributed by atoms with Crippen molar-refractivity contribution in [2.45, 2.75) is 12.3 Å². The van der Waals surface area contributed by atoms with E-state index in [0.717, 1.165) is 17.5 Å². The van der Waals surface area contributed by atoms with Gasteiger partial charge in [-0.2, -0.15) is 11.3 Å². The van der Waals surface area contributed by atoms with E-state index < -0.39 is 0 Å². The van der Waals surface area contributed by atoms with Gasteiger partial charge in [0.15, 0.2) is 0 Å². The van der Waals surface area contributed by atoms with Crippen molar-refractivity contribution in [3.05, 3.63) is 58.0 Å². The normalized spacial score (nSPS) is 12.6. The van der Waals surface area contributed by atoms with Crippen LogP contribution in [0.4, 0.5) is 4.39 Å². The van der Waals surface area contributed by atoms with Crippen LogP contribution >= 0.6 is 11.3 Å². The summed E-state index contributed by atoms with van der Waals surface area (Å²) in [6.07, 6.45) is 0.744. The molecule has 0 fully saturated rings. The molecule has 1 N–H and O–H groups in total. The summed E-state index contributed by atoms with van der Waals surface area (Å²) in [6, 6.07) is 8.47. The van der Waals surface area contributed by atoms with E-state index >= 15 is 0 Å². The molecule has 0 saturated carbocycles. The molecule has 0 radical (unpaired) electrons. The van der Waals surface area contributed by atoms with Crippen molar-refractivity contribution in [1.29, 1.82) is 0 Å². The maximum atomic E-state index is 12.7. The van der Waals surface area contributed by atoms with Gasteiger partial charge in [0.2, 0.25) is 0 Å². The zero-order chi connectivity index (χ0) is 11.4. The van der Waals surface area contributed by atoms with Crippen molar-refractivity contribution in [2.24, 2.45) is 0 Å². The Kier molecular flexibility index (Phi) is 3.70. The highest BCUT2D eigenvalue weighted by molar-refractivity contribution is 7.07. The molecular formula is C13H13FOS. The number of thiophene rings is 1. The summed E-state index contributed by atoms with van der Waals surface area (Å²) >= 11 is 1.63. The Morgan fingerprint density at radius 2 is 1.94 bits per heavy atom. The molecular weight excluding hydrogens is 223 g/mol. The van der Waals surface area contributed by atoms with Crippen LogP contribution in [0.1, 0.15) is 17.0 Å². The van der Waals surface area contributed by atoms with Crippen LogP contribution in [0.25, 0.3) is 0 Å². The van der Waals surface area contributed by atoms with Gasteiger partial charge < -0.3 is 5.11 Å². The van der Waals surface area contributed by atoms with Crippen LogP contribution in [0, 0.1) is 5.82 Å². The van der Waals surface area contributed by atoms with Crippen molar-refractivity contribution in [2.75, 3.05) is 6.61 Å². The Hall–Kier alpha value is -1.19. The standard InChI is InChI=1S/C13H13FOS/c14-13-3-1-10(2-4-13)7-12(8-15)11-5-6-16-9-11/h1-6,9,12,15H,7-8H2. The van der Waals surface area contributed by atoms with Crippen LogP contribution in [-0.4, -0.2) is 11.7 Å². The third-order valence-electron chi connectivity index (χ3n) is 2.63. The van der Waals surface area contributed by atoms with Gasteiger partial charge in [0.25, 0.3) is 0 Å². The van der Waals surface area contributed by atoms with Crippen LogP contribution in [0.3, 0.4) is 0 Å². The maximum Gasteiger partial charge on any atom is 0.123 e. The third-order valence-corrected chi connectivity index (χ3v) is 3.33. The third kappa shape index (κ3) is 2.68. The van der Waals surface area contributed by atoms with Crippen molar-refractivity contribution >= 4 is 11.3 Å². The van der Waals surface area contributed by atoms with E-state index in [1.54, 1.807) is 23.5 Å². The van der Waals surface area contributed by atoms with Gasteiger partial charge in [-0.3, -0.25) is 0 Å². The Bertz CT molecular complexity index is 422. The first-order chi connectivity index (χ1) is 7.79. The van der Waals surface area contributed by atoms with Crippen LogP contribution in [-0.2, 0) is 6.42 Å². The van der Waals surface area contributed by atoms with Crippen LogP contribution in [0.2, 0.25) is 0 Å². The number of rotatable bonds is 4. The molecule has 2 rings (SSSR count). The van der Waals surface area contributed by atoms with Crippen LogP contribution < -0.4 is 0 Å². The van der Waals surface area contributed by atoms with E-state index in [0.29, 0.717) is 0 Å². The molecule has 0 amide bonds. The van der Waals surface area contributed by atoms with E-state index in [2.05, 4.69) is 0 Å². The molecule has 1 unspecified atom stereocenters. The average Bonchev–Trinajstić information content (AvgIpc) is 2.82. The van der Waals surface area contributed by atoms with E-state index in [9.17, 15) is 9.50 Å². The summed E-state index contributed by atoms with van der Waals surface area (Å²) < 4.78 is 12.7. The highest BCUT2D eigenvalue weighted by Crippen LogP contribution is 2.22. The number of aliphatic hydroxyl groups is 1. The number of halogens is 1. The summed E-state index contributed by atoms with van der Waals surface area (Å²) in [7, 11) is 0. The van der Waals surface area contributed by atoms with E-state index in [1.165, 1.54) is 12.1 Å². The number of hydrogen-bond donors (Lipinski definition) is 1. The summed E-state index contributed by atoms with van der Waals surface area (Å²) in [5.74, 6) is -0.114. The number of benzene rings is 1. The lowest BCUT2D eigenvalue weighted by Gasteiger charge is -2.12. The molecule has 1 heterocycles. The van der Waals surface area contributed by atoms with Gasteiger partial charge in [-0.25, -0.2) is 4.39 Å². The van der Waals surface area contributed by atoms with E-state index in [-0.39, 0.29) is 18.3 Å². The zero-order valence-electron chi connectivity index (χ0n) is 8.77. The molecule has 0 spiro atoms. The van der Waals surface area contributed by atoms with Crippen molar-refractivity contribution < 1.29 is 9.50 Å².